The zero-order chi connectivity index (χ0) is 15.4. The zero-order valence-electron chi connectivity index (χ0n) is 13.3. The second-order valence-corrected chi connectivity index (χ2v) is 7.13. The Labute approximate surface area is 138 Å². The highest BCUT2D eigenvalue weighted by Gasteiger charge is 2.14. The highest BCUT2D eigenvalue weighted by molar-refractivity contribution is 8.03. The first-order chi connectivity index (χ1) is 10.7. The highest BCUT2D eigenvalue weighted by atomic mass is 32.2. The number of aryl methyl sites for hydroxylation is 1. The molecule has 1 unspecified atom stereocenters. The molecule has 0 radical (unpaired) electrons. The van der Waals surface area contributed by atoms with Crippen LogP contribution in [0.3, 0.4) is 0 Å². The molecule has 1 heteroatoms. The van der Waals surface area contributed by atoms with E-state index in [2.05, 4.69) is 80.6 Å². The van der Waals surface area contributed by atoms with Crippen molar-refractivity contribution in [2.24, 2.45) is 5.92 Å². The molecule has 0 N–H and O–H groups in total. The molecule has 0 fully saturated rings. The maximum absolute atomic E-state index is 2.45. The zero-order valence-corrected chi connectivity index (χ0v) is 14.1. The van der Waals surface area contributed by atoms with Crippen molar-refractivity contribution in [3.05, 3.63) is 88.4 Å². The lowest BCUT2D eigenvalue weighted by atomic mass is 9.91. The van der Waals surface area contributed by atoms with Crippen molar-refractivity contribution in [1.82, 2.24) is 0 Å². The summed E-state index contributed by atoms with van der Waals surface area (Å²) in [5.41, 5.74) is 4.16. The Morgan fingerprint density at radius 1 is 0.955 bits per heavy atom. The normalized spacial score (nSPS) is 17.8. The van der Waals surface area contributed by atoms with E-state index in [1.54, 1.807) is 0 Å². The second-order valence-electron chi connectivity index (χ2n) is 6.02. The van der Waals surface area contributed by atoms with Crippen molar-refractivity contribution in [1.29, 1.82) is 0 Å². The summed E-state index contributed by atoms with van der Waals surface area (Å²) in [6, 6.07) is 19.6. The summed E-state index contributed by atoms with van der Waals surface area (Å²) in [4.78, 5) is 2.74. The van der Waals surface area contributed by atoms with E-state index in [9.17, 15) is 0 Å². The molecular weight excluding hydrogens is 284 g/mol. The maximum atomic E-state index is 2.45. The van der Waals surface area contributed by atoms with Crippen LogP contribution in [-0.2, 0) is 6.42 Å². The molecule has 2 aromatic rings. The third-order valence-electron chi connectivity index (χ3n) is 4.07. The van der Waals surface area contributed by atoms with Gasteiger partial charge in [0.1, 0.15) is 0 Å². The Bertz CT molecular complexity index is 678. The molecule has 2 aromatic carbocycles. The SMILES string of the molecule is CC1=CC(Cc2ccccc2)CC=C1Sc1ccc(C)cc1. The monoisotopic (exact) mass is 306 g/mol. The molecule has 0 heterocycles. The van der Waals surface area contributed by atoms with Crippen LogP contribution in [0.4, 0.5) is 0 Å². The number of rotatable bonds is 4. The number of hydrogen-bond acceptors (Lipinski definition) is 1. The Balaban J connectivity index is 1.65. The largest absolute Gasteiger partial charge is 0.0902 e. The summed E-state index contributed by atoms with van der Waals surface area (Å²) >= 11 is 1.88. The smallest absolute Gasteiger partial charge is 0.0122 e. The van der Waals surface area contributed by atoms with E-state index in [4.69, 9.17) is 0 Å². The van der Waals surface area contributed by atoms with Gasteiger partial charge in [-0.3, -0.25) is 0 Å². The minimum atomic E-state index is 0.629. The summed E-state index contributed by atoms with van der Waals surface area (Å²) in [5, 5.41) is 0. The van der Waals surface area contributed by atoms with E-state index in [1.165, 1.54) is 26.5 Å². The van der Waals surface area contributed by atoms with Crippen molar-refractivity contribution in [3.63, 3.8) is 0 Å². The van der Waals surface area contributed by atoms with E-state index in [1.807, 2.05) is 11.8 Å². The number of thioether (sulfide) groups is 1. The van der Waals surface area contributed by atoms with Gasteiger partial charge in [0.2, 0.25) is 0 Å². The molecule has 0 saturated carbocycles. The van der Waals surface area contributed by atoms with Gasteiger partial charge >= 0.3 is 0 Å². The van der Waals surface area contributed by atoms with Crippen LogP contribution in [0.1, 0.15) is 24.5 Å². The molecule has 0 bridgehead atoms. The maximum Gasteiger partial charge on any atom is 0.0122 e. The molecule has 3 rings (SSSR count). The van der Waals surface area contributed by atoms with Gasteiger partial charge in [-0.1, -0.05) is 71.9 Å². The van der Waals surface area contributed by atoms with Crippen molar-refractivity contribution < 1.29 is 0 Å². The van der Waals surface area contributed by atoms with Crippen molar-refractivity contribution in [2.75, 3.05) is 0 Å². The van der Waals surface area contributed by atoms with Crippen LogP contribution >= 0.6 is 11.8 Å². The van der Waals surface area contributed by atoms with Crippen LogP contribution in [-0.4, -0.2) is 0 Å². The summed E-state index contributed by atoms with van der Waals surface area (Å²) < 4.78 is 0. The van der Waals surface area contributed by atoms with Gasteiger partial charge in [-0.15, -0.1) is 0 Å². The molecule has 1 atom stereocenters. The van der Waals surface area contributed by atoms with Gasteiger partial charge in [0.25, 0.3) is 0 Å². The standard InChI is InChI=1S/C21H22S/c1-16-8-11-20(12-9-16)22-21-13-10-19(14-17(21)2)15-18-6-4-3-5-7-18/h3-9,11-14,19H,10,15H2,1-2H3. The van der Waals surface area contributed by atoms with Crippen LogP contribution < -0.4 is 0 Å². The van der Waals surface area contributed by atoms with Crippen LogP contribution in [0.25, 0.3) is 0 Å². The van der Waals surface area contributed by atoms with E-state index in [-0.39, 0.29) is 0 Å². The van der Waals surface area contributed by atoms with Gasteiger partial charge in [-0.2, -0.15) is 0 Å². The lowest BCUT2D eigenvalue weighted by Gasteiger charge is -2.20. The van der Waals surface area contributed by atoms with Gasteiger partial charge in [0, 0.05) is 9.80 Å². The second kappa shape index (κ2) is 7.02. The first-order valence-corrected chi connectivity index (χ1v) is 8.70. The summed E-state index contributed by atoms with van der Waals surface area (Å²) in [5.74, 6) is 0.629. The fourth-order valence-corrected chi connectivity index (χ4v) is 3.77. The molecule has 0 aromatic heterocycles. The summed E-state index contributed by atoms with van der Waals surface area (Å²) in [6.07, 6.45) is 7.13. The van der Waals surface area contributed by atoms with Crippen molar-refractivity contribution in [3.8, 4) is 0 Å². The number of hydrogen-bond donors (Lipinski definition) is 0. The molecule has 0 amide bonds. The Hall–Kier alpha value is -1.73. The van der Waals surface area contributed by atoms with Gasteiger partial charge in [-0.25, -0.2) is 0 Å². The number of benzene rings is 2. The van der Waals surface area contributed by atoms with Gasteiger partial charge in [0.15, 0.2) is 0 Å². The Morgan fingerprint density at radius 2 is 1.68 bits per heavy atom. The van der Waals surface area contributed by atoms with E-state index in [0.717, 1.165) is 12.8 Å². The molecule has 0 saturated heterocycles. The average Bonchev–Trinajstić information content (AvgIpc) is 2.53. The van der Waals surface area contributed by atoms with Gasteiger partial charge in [0.05, 0.1) is 0 Å². The molecule has 0 aliphatic heterocycles. The predicted molar refractivity (Wildman–Crippen MR) is 97.1 cm³/mol. The lowest BCUT2D eigenvalue weighted by Crippen LogP contribution is -2.05. The van der Waals surface area contributed by atoms with Crippen LogP contribution in [0, 0.1) is 12.8 Å². The van der Waals surface area contributed by atoms with E-state index >= 15 is 0 Å². The molecule has 1 aliphatic rings. The van der Waals surface area contributed by atoms with E-state index < -0.39 is 0 Å². The molecular formula is C21H22S. The quantitative estimate of drug-likeness (QED) is 0.650. The summed E-state index contributed by atoms with van der Waals surface area (Å²) in [7, 11) is 0. The van der Waals surface area contributed by atoms with Gasteiger partial charge in [-0.05, 0) is 55.9 Å². The highest BCUT2D eigenvalue weighted by Crippen LogP contribution is 2.36. The van der Waals surface area contributed by atoms with Crippen LogP contribution in [0.2, 0.25) is 0 Å². The minimum absolute atomic E-state index is 0.629. The Kier molecular flexibility index (Phi) is 4.84. The Morgan fingerprint density at radius 3 is 2.36 bits per heavy atom. The van der Waals surface area contributed by atoms with Crippen molar-refractivity contribution >= 4 is 11.8 Å². The fourth-order valence-electron chi connectivity index (χ4n) is 2.84. The predicted octanol–water partition coefficient (Wildman–Crippen LogP) is 6.18. The molecule has 1 aliphatic carbocycles. The third-order valence-corrected chi connectivity index (χ3v) is 5.29. The van der Waals surface area contributed by atoms with Crippen molar-refractivity contribution in [2.45, 2.75) is 31.6 Å². The number of allylic oxidation sites excluding steroid dienone is 3. The van der Waals surface area contributed by atoms with E-state index in [0.29, 0.717) is 5.92 Å². The first kappa shape index (κ1) is 15.2. The topological polar surface area (TPSA) is 0 Å². The molecule has 112 valence electrons. The lowest BCUT2D eigenvalue weighted by molar-refractivity contribution is 0.647. The molecule has 0 spiro atoms. The first-order valence-electron chi connectivity index (χ1n) is 7.88. The average molecular weight is 306 g/mol. The van der Waals surface area contributed by atoms with Gasteiger partial charge < -0.3 is 0 Å². The fraction of sp³-hybridized carbons (Fsp3) is 0.238. The molecule has 0 nitrogen and oxygen atoms in total. The summed E-state index contributed by atoms with van der Waals surface area (Å²) in [6.45, 7) is 4.37. The third kappa shape index (κ3) is 3.92. The minimum Gasteiger partial charge on any atom is -0.0902 e. The van der Waals surface area contributed by atoms with Crippen LogP contribution in [0.5, 0.6) is 0 Å². The van der Waals surface area contributed by atoms with Crippen LogP contribution in [0.15, 0.2) is 82.1 Å². The molecule has 22 heavy (non-hydrogen) atoms.